The van der Waals surface area contributed by atoms with Gasteiger partial charge >= 0.3 is 0 Å². The van der Waals surface area contributed by atoms with Crippen molar-refractivity contribution in [1.82, 2.24) is 4.57 Å². The van der Waals surface area contributed by atoms with E-state index in [0.29, 0.717) is 5.69 Å². The topological polar surface area (TPSA) is 51.1 Å². The van der Waals surface area contributed by atoms with E-state index in [2.05, 4.69) is 5.32 Å². The van der Waals surface area contributed by atoms with Crippen LogP contribution in [-0.2, 0) is 6.54 Å². The molecule has 2 aromatic carbocycles. The van der Waals surface area contributed by atoms with Crippen molar-refractivity contribution < 1.29 is 9.18 Å². The lowest BCUT2D eigenvalue weighted by molar-refractivity contribution is 0.102. The number of aryl methyl sites for hydroxylation is 1. The van der Waals surface area contributed by atoms with Crippen LogP contribution in [0.5, 0.6) is 0 Å². The maximum atomic E-state index is 13.0. The van der Waals surface area contributed by atoms with Crippen molar-refractivity contribution in [2.24, 2.45) is 0 Å². The number of hydrogen-bond acceptors (Lipinski definition) is 2. The Bertz CT molecular complexity index is 1010. The van der Waals surface area contributed by atoms with Crippen LogP contribution >= 0.6 is 0 Å². The van der Waals surface area contributed by atoms with Gasteiger partial charge in [-0.25, -0.2) is 4.39 Å². The van der Waals surface area contributed by atoms with Crippen molar-refractivity contribution in [3.63, 3.8) is 0 Å². The van der Waals surface area contributed by atoms with E-state index >= 15 is 0 Å². The summed E-state index contributed by atoms with van der Waals surface area (Å²) in [5.41, 5.74) is 3.16. The molecule has 0 fully saturated rings. The smallest absolute Gasteiger partial charge is 0.263 e. The Morgan fingerprint density at radius 1 is 1.04 bits per heavy atom. The SMILES string of the molecule is Cc1cccc(NC(=O)c2cccn(Cc3ccc(F)cc3)c2=O)c1C. The van der Waals surface area contributed by atoms with Crippen LogP contribution < -0.4 is 10.9 Å². The first kappa shape index (κ1) is 17.6. The summed E-state index contributed by atoms with van der Waals surface area (Å²) in [4.78, 5) is 25.2. The summed E-state index contributed by atoms with van der Waals surface area (Å²) in [5, 5.41) is 2.80. The van der Waals surface area contributed by atoms with Gasteiger partial charge in [0.1, 0.15) is 11.4 Å². The molecule has 0 unspecified atom stereocenters. The van der Waals surface area contributed by atoms with Crippen LogP contribution in [0.4, 0.5) is 10.1 Å². The van der Waals surface area contributed by atoms with Gasteiger partial charge in [0.2, 0.25) is 0 Å². The number of nitrogens with one attached hydrogen (secondary N) is 1. The molecule has 0 aliphatic heterocycles. The third-order valence-electron chi connectivity index (χ3n) is 4.38. The summed E-state index contributed by atoms with van der Waals surface area (Å²) >= 11 is 0. The van der Waals surface area contributed by atoms with E-state index in [0.717, 1.165) is 16.7 Å². The van der Waals surface area contributed by atoms with E-state index in [1.165, 1.54) is 22.8 Å². The van der Waals surface area contributed by atoms with E-state index in [4.69, 9.17) is 0 Å². The fraction of sp³-hybridized carbons (Fsp3) is 0.143. The van der Waals surface area contributed by atoms with Gasteiger partial charge in [-0.1, -0.05) is 24.3 Å². The number of benzene rings is 2. The molecule has 0 spiro atoms. The quantitative estimate of drug-likeness (QED) is 0.776. The van der Waals surface area contributed by atoms with Crippen LogP contribution in [0.25, 0.3) is 0 Å². The van der Waals surface area contributed by atoms with Crippen molar-refractivity contribution >= 4 is 11.6 Å². The Hall–Kier alpha value is -3.21. The minimum Gasteiger partial charge on any atom is -0.322 e. The predicted molar refractivity (Wildman–Crippen MR) is 100 cm³/mol. The normalized spacial score (nSPS) is 10.6. The van der Waals surface area contributed by atoms with Gasteiger partial charge in [-0.15, -0.1) is 0 Å². The lowest BCUT2D eigenvalue weighted by atomic mass is 10.1. The first-order valence-corrected chi connectivity index (χ1v) is 8.27. The molecule has 0 aliphatic rings. The molecule has 0 saturated heterocycles. The van der Waals surface area contributed by atoms with Crippen LogP contribution in [0, 0.1) is 19.7 Å². The molecule has 0 bridgehead atoms. The summed E-state index contributed by atoms with van der Waals surface area (Å²) < 4.78 is 14.5. The number of hydrogen-bond donors (Lipinski definition) is 1. The third kappa shape index (κ3) is 3.72. The Balaban J connectivity index is 1.86. The molecule has 0 aliphatic carbocycles. The fourth-order valence-electron chi connectivity index (χ4n) is 2.70. The summed E-state index contributed by atoms with van der Waals surface area (Å²) in [7, 11) is 0. The van der Waals surface area contributed by atoms with Gasteiger partial charge in [0.15, 0.2) is 0 Å². The average molecular weight is 350 g/mol. The molecular formula is C21H19FN2O2. The Morgan fingerprint density at radius 2 is 1.77 bits per heavy atom. The number of amides is 1. The molecule has 1 N–H and O–H groups in total. The van der Waals surface area contributed by atoms with E-state index in [-0.39, 0.29) is 23.5 Å². The van der Waals surface area contributed by atoms with E-state index in [1.807, 2.05) is 26.0 Å². The Labute approximate surface area is 150 Å². The lowest BCUT2D eigenvalue weighted by Gasteiger charge is -2.11. The fourth-order valence-corrected chi connectivity index (χ4v) is 2.70. The molecule has 5 heteroatoms. The van der Waals surface area contributed by atoms with Crippen molar-refractivity contribution in [2.45, 2.75) is 20.4 Å². The Kier molecular flexibility index (Phi) is 4.98. The standard InChI is InChI=1S/C21H19FN2O2/c1-14-5-3-7-19(15(14)2)23-20(25)18-6-4-12-24(21(18)26)13-16-8-10-17(22)11-9-16/h3-12H,13H2,1-2H3,(H,23,25). The van der Waals surface area contributed by atoms with Gasteiger partial charge in [-0.3, -0.25) is 9.59 Å². The molecule has 0 atom stereocenters. The van der Waals surface area contributed by atoms with Crippen molar-refractivity contribution in [2.75, 3.05) is 5.32 Å². The van der Waals surface area contributed by atoms with E-state index in [1.54, 1.807) is 30.5 Å². The van der Waals surface area contributed by atoms with Gasteiger partial charge in [0, 0.05) is 11.9 Å². The highest BCUT2D eigenvalue weighted by Gasteiger charge is 2.14. The average Bonchev–Trinajstić information content (AvgIpc) is 2.62. The maximum Gasteiger partial charge on any atom is 0.263 e. The number of pyridine rings is 1. The first-order chi connectivity index (χ1) is 12.5. The molecule has 1 heterocycles. The zero-order valence-electron chi connectivity index (χ0n) is 14.6. The van der Waals surface area contributed by atoms with Crippen molar-refractivity contribution in [1.29, 1.82) is 0 Å². The molecule has 3 rings (SSSR count). The number of aromatic nitrogens is 1. The highest BCUT2D eigenvalue weighted by Crippen LogP contribution is 2.18. The zero-order valence-corrected chi connectivity index (χ0v) is 14.6. The monoisotopic (exact) mass is 350 g/mol. The largest absolute Gasteiger partial charge is 0.322 e. The number of carbonyl (C=O) groups excluding carboxylic acids is 1. The van der Waals surface area contributed by atoms with E-state index < -0.39 is 5.91 Å². The molecule has 0 saturated carbocycles. The van der Waals surface area contributed by atoms with Crippen LogP contribution in [0.1, 0.15) is 27.0 Å². The molecule has 0 radical (unpaired) electrons. The summed E-state index contributed by atoms with van der Waals surface area (Å²) in [6, 6.07) is 14.7. The second-order valence-electron chi connectivity index (χ2n) is 6.18. The second kappa shape index (κ2) is 7.35. The highest BCUT2D eigenvalue weighted by molar-refractivity contribution is 6.04. The molecule has 132 valence electrons. The van der Waals surface area contributed by atoms with Crippen LogP contribution in [0.15, 0.2) is 65.6 Å². The number of rotatable bonds is 4. The molecule has 3 aromatic rings. The second-order valence-corrected chi connectivity index (χ2v) is 6.18. The summed E-state index contributed by atoms with van der Waals surface area (Å²) in [6.45, 7) is 4.15. The van der Waals surface area contributed by atoms with Crippen LogP contribution in [-0.4, -0.2) is 10.5 Å². The minimum absolute atomic E-state index is 0.0653. The third-order valence-corrected chi connectivity index (χ3v) is 4.38. The number of halogens is 1. The van der Waals surface area contributed by atoms with Gasteiger partial charge in [0.25, 0.3) is 11.5 Å². The Morgan fingerprint density at radius 3 is 2.50 bits per heavy atom. The number of nitrogens with zero attached hydrogens (tertiary/aromatic N) is 1. The van der Waals surface area contributed by atoms with Crippen LogP contribution in [0.3, 0.4) is 0 Å². The molecule has 26 heavy (non-hydrogen) atoms. The zero-order chi connectivity index (χ0) is 18.7. The van der Waals surface area contributed by atoms with Crippen molar-refractivity contribution in [3.8, 4) is 0 Å². The highest BCUT2D eigenvalue weighted by atomic mass is 19.1. The number of carbonyl (C=O) groups is 1. The van der Waals surface area contributed by atoms with Gasteiger partial charge in [-0.2, -0.15) is 0 Å². The minimum atomic E-state index is -0.447. The summed E-state index contributed by atoms with van der Waals surface area (Å²) in [6.07, 6.45) is 1.61. The molecular weight excluding hydrogens is 331 g/mol. The van der Waals surface area contributed by atoms with E-state index in [9.17, 15) is 14.0 Å². The molecule has 1 aromatic heterocycles. The summed E-state index contributed by atoms with van der Waals surface area (Å²) in [5.74, 6) is -0.778. The molecule has 1 amide bonds. The van der Waals surface area contributed by atoms with Gasteiger partial charge < -0.3 is 9.88 Å². The lowest BCUT2D eigenvalue weighted by Crippen LogP contribution is -2.29. The van der Waals surface area contributed by atoms with Gasteiger partial charge in [0.05, 0.1) is 6.54 Å². The van der Waals surface area contributed by atoms with Crippen molar-refractivity contribution in [3.05, 3.63) is 99.2 Å². The van der Waals surface area contributed by atoms with Gasteiger partial charge in [-0.05, 0) is 60.9 Å². The van der Waals surface area contributed by atoms with Crippen LogP contribution in [0.2, 0.25) is 0 Å². The predicted octanol–water partition coefficient (Wildman–Crippen LogP) is 3.90. The first-order valence-electron chi connectivity index (χ1n) is 8.27. The number of anilines is 1. The maximum absolute atomic E-state index is 13.0. The molecule has 4 nitrogen and oxygen atoms in total.